The van der Waals surface area contributed by atoms with Crippen LogP contribution in [0.15, 0.2) is 24.5 Å². The van der Waals surface area contributed by atoms with E-state index in [0.29, 0.717) is 11.4 Å². The highest BCUT2D eigenvalue weighted by atomic mass is 19.1. The lowest BCUT2D eigenvalue weighted by Crippen LogP contribution is -2.31. The van der Waals surface area contributed by atoms with Crippen molar-refractivity contribution in [2.75, 3.05) is 7.11 Å². The fourth-order valence-electron chi connectivity index (χ4n) is 1.78. The minimum absolute atomic E-state index is 0.397. The van der Waals surface area contributed by atoms with E-state index in [1.165, 1.54) is 6.07 Å². The Morgan fingerprint density at radius 3 is 2.78 bits per heavy atom. The summed E-state index contributed by atoms with van der Waals surface area (Å²) in [7, 11) is 3.32. The number of aryl methyl sites for hydroxylation is 1. The number of hydrogen-bond donors (Lipinski definition) is 2. The van der Waals surface area contributed by atoms with Gasteiger partial charge < -0.3 is 4.74 Å². The highest BCUT2D eigenvalue weighted by Crippen LogP contribution is 2.27. The molecule has 0 saturated carbocycles. The van der Waals surface area contributed by atoms with E-state index in [9.17, 15) is 4.39 Å². The van der Waals surface area contributed by atoms with Crippen molar-refractivity contribution in [2.45, 2.75) is 6.04 Å². The molecule has 0 aliphatic heterocycles. The molecule has 2 aromatic heterocycles. The van der Waals surface area contributed by atoms with E-state index >= 15 is 0 Å². The second-order valence-electron chi connectivity index (χ2n) is 3.72. The van der Waals surface area contributed by atoms with Gasteiger partial charge in [0, 0.05) is 7.05 Å². The molecule has 2 heterocycles. The third-order valence-electron chi connectivity index (χ3n) is 2.66. The van der Waals surface area contributed by atoms with Crippen LogP contribution in [-0.2, 0) is 7.05 Å². The summed E-state index contributed by atoms with van der Waals surface area (Å²) in [6.45, 7) is 0. The first kappa shape index (κ1) is 12.5. The Morgan fingerprint density at radius 2 is 2.22 bits per heavy atom. The quantitative estimate of drug-likeness (QED) is 0.611. The summed E-state index contributed by atoms with van der Waals surface area (Å²) in [4.78, 5) is 4.01. The number of aromatic nitrogens is 3. The number of hydrazine groups is 1. The van der Waals surface area contributed by atoms with Gasteiger partial charge in [0.05, 0.1) is 25.2 Å². The van der Waals surface area contributed by atoms with E-state index < -0.39 is 11.9 Å². The first-order chi connectivity index (χ1) is 8.67. The van der Waals surface area contributed by atoms with Gasteiger partial charge in [-0.25, -0.2) is 9.82 Å². The zero-order valence-corrected chi connectivity index (χ0v) is 10.1. The van der Waals surface area contributed by atoms with E-state index in [-0.39, 0.29) is 0 Å². The van der Waals surface area contributed by atoms with Crippen molar-refractivity contribution in [3.8, 4) is 5.75 Å². The van der Waals surface area contributed by atoms with Crippen LogP contribution in [0.2, 0.25) is 0 Å². The summed E-state index contributed by atoms with van der Waals surface area (Å²) in [6, 6.07) is 2.47. The van der Waals surface area contributed by atoms with Crippen LogP contribution >= 0.6 is 0 Å². The van der Waals surface area contributed by atoms with Crippen molar-refractivity contribution in [1.29, 1.82) is 0 Å². The topological polar surface area (TPSA) is 78.0 Å². The van der Waals surface area contributed by atoms with Crippen molar-refractivity contribution in [3.05, 3.63) is 41.7 Å². The van der Waals surface area contributed by atoms with E-state index in [2.05, 4.69) is 15.5 Å². The summed E-state index contributed by atoms with van der Waals surface area (Å²) in [6.07, 6.45) is 2.73. The van der Waals surface area contributed by atoms with Crippen molar-refractivity contribution in [1.82, 2.24) is 20.2 Å². The lowest BCUT2D eigenvalue weighted by molar-refractivity contribution is 0.400. The van der Waals surface area contributed by atoms with Crippen LogP contribution < -0.4 is 16.0 Å². The number of hydrogen-bond acceptors (Lipinski definition) is 5. The number of nitrogens with one attached hydrogen (secondary N) is 1. The molecule has 7 heteroatoms. The first-order valence-electron chi connectivity index (χ1n) is 5.30. The summed E-state index contributed by atoms with van der Waals surface area (Å²) in [5, 5.41) is 4.09. The Kier molecular flexibility index (Phi) is 3.54. The first-order valence-corrected chi connectivity index (χ1v) is 5.30. The average molecular weight is 251 g/mol. The van der Waals surface area contributed by atoms with Gasteiger partial charge in [-0.3, -0.25) is 15.5 Å². The predicted molar refractivity (Wildman–Crippen MR) is 63.1 cm³/mol. The zero-order chi connectivity index (χ0) is 13.1. The molecule has 0 spiro atoms. The Morgan fingerprint density at radius 1 is 1.44 bits per heavy atom. The molecule has 0 radical (unpaired) electrons. The molecule has 2 rings (SSSR count). The SMILES string of the molecule is COc1cnn(C)c1C(NN)c1ccc(F)cn1. The minimum Gasteiger partial charge on any atom is -0.493 e. The van der Waals surface area contributed by atoms with Crippen LogP contribution in [0.4, 0.5) is 4.39 Å². The summed E-state index contributed by atoms with van der Waals surface area (Å²) in [5.41, 5.74) is 3.94. The molecule has 0 aromatic carbocycles. The largest absolute Gasteiger partial charge is 0.493 e. The zero-order valence-electron chi connectivity index (χ0n) is 10.1. The molecule has 0 aliphatic rings. The van der Waals surface area contributed by atoms with E-state index in [4.69, 9.17) is 10.6 Å². The molecule has 6 nitrogen and oxygen atoms in total. The van der Waals surface area contributed by atoms with Crippen LogP contribution in [0.3, 0.4) is 0 Å². The van der Waals surface area contributed by atoms with Gasteiger partial charge in [0.1, 0.15) is 17.6 Å². The Hall–Kier alpha value is -1.99. The molecule has 1 atom stereocenters. The average Bonchev–Trinajstić information content (AvgIpc) is 2.74. The van der Waals surface area contributed by atoms with Crippen LogP contribution in [0, 0.1) is 5.82 Å². The molecule has 1 unspecified atom stereocenters. The van der Waals surface area contributed by atoms with Crippen LogP contribution in [0.1, 0.15) is 17.4 Å². The highest BCUT2D eigenvalue weighted by Gasteiger charge is 2.22. The molecule has 0 saturated heterocycles. The van der Waals surface area contributed by atoms with Crippen molar-refractivity contribution >= 4 is 0 Å². The molecule has 96 valence electrons. The molecule has 0 bridgehead atoms. The second kappa shape index (κ2) is 5.11. The maximum absolute atomic E-state index is 12.9. The van der Waals surface area contributed by atoms with Gasteiger partial charge in [-0.15, -0.1) is 0 Å². The number of pyridine rings is 1. The third kappa shape index (κ3) is 2.18. The lowest BCUT2D eigenvalue weighted by atomic mass is 10.1. The fourth-order valence-corrected chi connectivity index (χ4v) is 1.78. The number of ether oxygens (including phenoxy) is 1. The van der Waals surface area contributed by atoms with Gasteiger partial charge >= 0.3 is 0 Å². The van der Waals surface area contributed by atoms with Crippen molar-refractivity contribution in [2.24, 2.45) is 12.9 Å². The predicted octanol–water partition coefficient (Wildman–Crippen LogP) is 0.515. The minimum atomic E-state index is -0.423. The third-order valence-corrected chi connectivity index (χ3v) is 2.66. The standard InChI is InChI=1S/C11H14FN5O/c1-17-11(9(18-2)6-15-17)10(16-13)8-4-3-7(12)5-14-8/h3-6,10,16H,13H2,1-2H3. The molecule has 0 fully saturated rings. The maximum atomic E-state index is 12.9. The Labute approximate surface area is 104 Å². The number of nitrogens with zero attached hydrogens (tertiary/aromatic N) is 3. The van der Waals surface area contributed by atoms with Crippen LogP contribution in [0.5, 0.6) is 5.75 Å². The fraction of sp³-hybridized carbons (Fsp3) is 0.273. The molecular weight excluding hydrogens is 237 g/mol. The number of rotatable bonds is 4. The summed E-state index contributed by atoms with van der Waals surface area (Å²) in [5.74, 6) is 5.74. The summed E-state index contributed by atoms with van der Waals surface area (Å²) >= 11 is 0. The number of halogens is 1. The van der Waals surface area contributed by atoms with Crippen molar-refractivity contribution in [3.63, 3.8) is 0 Å². The molecular formula is C11H14FN5O. The van der Waals surface area contributed by atoms with Crippen molar-refractivity contribution < 1.29 is 9.13 Å². The van der Waals surface area contributed by atoms with Gasteiger partial charge in [0.2, 0.25) is 0 Å². The van der Waals surface area contributed by atoms with E-state index in [1.54, 1.807) is 31.1 Å². The normalized spacial score (nSPS) is 12.4. The second-order valence-corrected chi connectivity index (χ2v) is 3.72. The maximum Gasteiger partial charge on any atom is 0.162 e. The molecule has 3 N–H and O–H groups in total. The van der Waals surface area contributed by atoms with Gasteiger partial charge in [-0.05, 0) is 12.1 Å². The molecule has 18 heavy (non-hydrogen) atoms. The van der Waals surface area contributed by atoms with Crippen LogP contribution in [0.25, 0.3) is 0 Å². The molecule has 2 aromatic rings. The van der Waals surface area contributed by atoms with Gasteiger partial charge in [-0.1, -0.05) is 0 Å². The Bertz CT molecular complexity index is 525. The monoisotopic (exact) mass is 251 g/mol. The van der Waals surface area contributed by atoms with Gasteiger partial charge in [-0.2, -0.15) is 5.10 Å². The Balaban J connectivity index is 2.44. The molecule has 0 aliphatic carbocycles. The summed E-state index contributed by atoms with van der Waals surface area (Å²) < 4.78 is 19.7. The van der Waals surface area contributed by atoms with E-state index in [0.717, 1.165) is 11.9 Å². The molecule has 0 amide bonds. The smallest absolute Gasteiger partial charge is 0.162 e. The highest BCUT2D eigenvalue weighted by molar-refractivity contribution is 5.33. The lowest BCUT2D eigenvalue weighted by Gasteiger charge is -2.17. The number of nitrogens with two attached hydrogens (primary N) is 1. The van der Waals surface area contributed by atoms with E-state index in [1.807, 2.05) is 0 Å². The number of methoxy groups -OCH3 is 1. The van der Waals surface area contributed by atoms with Crippen LogP contribution in [-0.4, -0.2) is 21.9 Å². The van der Waals surface area contributed by atoms with Gasteiger partial charge in [0.25, 0.3) is 0 Å². The van der Waals surface area contributed by atoms with Gasteiger partial charge in [0.15, 0.2) is 5.75 Å².